The first-order chi connectivity index (χ1) is 22.1. The standard InChI is InChI=1S/C32H39N5O8S/c1-44-31(41)34-25-12-6-4-2-3-5-10-21-18-32(21,30(40)36-46(42,43)23-13-14-23)35-27(38)26-17-22(19-37(26)29(25)39)45-28-24-11-8-7-9-20(24)15-16-33-28/h5,7-11,15-16,21-23,25-26H,2-4,6,12-14,17-19H2,1H3,(H,34,41)(H,35,38)(H,36,40). The number of nitrogens with zero attached hydrogens (tertiary/aromatic N) is 2. The van der Waals surface area contributed by atoms with E-state index in [-0.39, 0.29) is 19.4 Å². The fraction of sp³-hybridized carbons (Fsp3) is 0.531. The molecule has 1 aromatic heterocycles. The Morgan fingerprint density at radius 3 is 2.67 bits per heavy atom. The average Bonchev–Trinajstić information content (AvgIpc) is 3.96. The third kappa shape index (κ3) is 6.67. The number of amides is 4. The second kappa shape index (κ2) is 12.9. The zero-order valence-electron chi connectivity index (χ0n) is 25.6. The van der Waals surface area contributed by atoms with E-state index in [0.717, 1.165) is 23.6 Å². The number of carbonyl (C=O) groups excluding carboxylic acids is 4. The van der Waals surface area contributed by atoms with Gasteiger partial charge in [-0.05, 0) is 56.0 Å². The van der Waals surface area contributed by atoms with Crippen LogP contribution in [0.2, 0.25) is 0 Å². The molecular formula is C32H39N5O8S. The van der Waals surface area contributed by atoms with Crippen LogP contribution in [0.1, 0.15) is 57.8 Å². The van der Waals surface area contributed by atoms with E-state index in [1.165, 1.54) is 12.0 Å². The molecule has 14 heteroatoms. The fourth-order valence-electron chi connectivity index (χ4n) is 6.39. The van der Waals surface area contributed by atoms with Crippen LogP contribution in [0, 0.1) is 5.92 Å². The molecule has 0 spiro atoms. The minimum atomic E-state index is -3.86. The topological polar surface area (TPSA) is 173 Å². The van der Waals surface area contributed by atoms with E-state index in [1.54, 1.807) is 6.20 Å². The molecule has 2 aliphatic heterocycles. The predicted molar refractivity (Wildman–Crippen MR) is 167 cm³/mol. The maximum Gasteiger partial charge on any atom is 0.407 e. The molecule has 5 unspecified atom stereocenters. The smallest absolute Gasteiger partial charge is 0.407 e. The van der Waals surface area contributed by atoms with Crippen molar-refractivity contribution < 1.29 is 37.1 Å². The van der Waals surface area contributed by atoms with Gasteiger partial charge in [0, 0.05) is 23.9 Å². The summed E-state index contributed by atoms with van der Waals surface area (Å²) in [5, 5.41) is 6.56. The van der Waals surface area contributed by atoms with E-state index in [0.29, 0.717) is 38.0 Å². The molecule has 4 aliphatic rings. The van der Waals surface area contributed by atoms with Gasteiger partial charge in [0.2, 0.25) is 27.7 Å². The summed E-state index contributed by atoms with van der Waals surface area (Å²) in [6.07, 6.45) is 8.61. The summed E-state index contributed by atoms with van der Waals surface area (Å²) in [5.41, 5.74) is -1.47. The highest BCUT2D eigenvalue weighted by molar-refractivity contribution is 7.91. The maximum atomic E-state index is 14.1. The first-order valence-corrected chi connectivity index (χ1v) is 17.4. The number of benzene rings is 1. The summed E-state index contributed by atoms with van der Waals surface area (Å²) < 4.78 is 38.7. The highest BCUT2D eigenvalue weighted by atomic mass is 32.2. The molecule has 4 amide bonds. The molecule has 46 heavy (non-hydrogen) atoms. The number of pyridine rings is 1. The molecule has 5 atom stereocenters. The van der Waals surface area contributed by atoms with Crippen molar-refractivity contribution in [1.29, 1.82) is 0 Å². The Hall–Kier alpha value is -4.20. The van der Waals surface area contributed by atoms with Crippen LogP contribution in [0.3, 0.4) is 0 Å². The highest BCUT2D eigenvalue weighted by Gasteiger charge is 2.62. The summed E-state index contributed by atoms with van der Waals surface area (Å²) in [7, 11) is -2.64. The number of hydrogen-bond donors (Lipinski definition) is 3. The molecule has 2 saturated carbocycles. The van der Waals surface area contributed by atoms with E-state index in [1.807, 2.05) is 42.5 Å². The van der Waals surface area contributed by atoms with Crippen molar-refractivity contribution in [3.8, 4) is 5.88 Å². The number of nitrogens with one attached hydrogen (secondary N) is 3. The Bertz CT molecular complexity index is 1660. The number of hydrogen-bond acceptors (Lipinski definition) is 9. The molecule has 3 fully saturated rings. The lowest BCUT2D eigenvalue weighted by atomic mass is 10.1. The van der Waals surface area contributed by atoms with Gasteiger partial charge in [-0.1, -0.05) is 43.2 Å². The van der Waals surface area contributed by atoms with E-state index < -0.39 is 68.7 Å². The van der Waals surface area contributed by atoms with Crippen molar-refractivity contribution in [2.45, 2.75) is 86.8 Å². The minimum absolute atomic E-state index is 0.0275. The van der Waals surface area contributed by atoms with Gasteiger partial charge >= 0.3 is 6.09 Å². The number of ether oxygens (including phenoxy) is 2. The lowest BCUT2D eigenvalue weighted by molar-refractivity contribution is -0.141. The molecule has 2 aromatic rings. The molecule has 2 aliphatic carbocycles. The summed E-state index contributed by atoms with van der Waals surface area (Å²) in [5.74, 6) is -1.90. The monoisotopic (exact) mass is 653 g/mol. The van der Waals surface area contributed by atoms with Crippen LogP contribution >= 0.6 is 0 Å². The largest absolute Gasteiger partial charge is 0.472 e. The number of sulfonamides is 1. The molecule has 13 nitrogen and oxygen atoms in total. The van der Waals surface area contributed by atoms with Crippen LogP contribution in [0.5, 0.6) is 5.88 Å². The van der Waals surface area contributed by atoms with E-state index in [2.05, 4.69) is 20.3 Å². The van der Waals surface area contributed by atoms with Gasteiger partial charge < -0.3 is 25.0 Å². The molecule has 246 valence electrons. The number of rotatable bonds is 6. The normalized spacial score (nSPS) is 28.6. The Morgan fingerprint density at radius 2 is 1.89 bits per heavy atom. The Kier molecular flexibility index (Phi) is 8.90. The van der Waals surface area contributed by atoms with E-state index in [9.17, 15) is 27.6 Å². The molecule has 3 heterocycles. The van der Waals surface area contributed by atoms with Crippen molar-refractivity contribution in [1.82, 2.24) is 25.2 Å². The molecule has 1 aromatic carbocycles. The van der Waals surface area contributed by atoms with Gasteiger partial charge in [0.05, 0.1) is 18.9 Å². The van der Waals surface area contributed by atoms with Crippen LogP contribution in [-0.4, -0.2) is 84.7 Å². The molecule has 3 N–H and O–H groups in total. The Balaban J connectivity index is 1.30. The molecule has 1 saturated heterocycles. The Labute approximate surface area is 267 Å². The van der Waals surface area contributed by atoms with Crippen LogP contribution in [0.4, 0.5) is 4.79 Å². The number of fused-ring (bicyclic) bond motifs is 3. The lowest BCUT2D eigenvalue weighted by Gasteiger charge is -2.29. The molecular weight excluding hydrogens is 614 g/mol. The van der Waals surface area contributed by atoms with Gasteiger partial charge in [0.25, 0.3) is 5.91 Å². The van der Waals surface area contributed by atoms with Gasteiger partial charge in [-0.3, -0.25) is 19.1 Å². The number of aromatic nitrogens is 1. The van der Waals surface area contributed by atoms with Crippen molar-refractivity contribution >= 4 is 44.6 Å². The zero-order chi connectivity index (χ0) is 32.5. The van der Waals surface area contributed by atoms with E-state index >= 15 is 0 Å². The predicted octanol–water partition coefficient (Wildman–Crippen LogP) is 2.31. The first-order valence-electron chi connectivity index (χ1n) is 15.8. The lowest BCUT2D eigenvalue weighted by Crippen LogP contribution is -2.58. The SMILES string of the molecule is COC(=O)NC1CCCCCC=CC2CC2(C(=O)NS(=O)(=O)C2CC2)NC(=O)C2CC(Oc3nccc4ccccc34)CN2C1=O. The summed E-state index contributed by atoms with van der Waals surface area (Å²) >= 11 is 0. The van der Waals surface area contributed by atoms with Crippen molar-refractivity contribution in [3.63, 3.8) is 0 Å². The number of alkyl carbamates (subject to hydrolysis) is 1. The third-order valence-electron chi connectivity index (χ3n) is 9.24. The fourth-order valence-corrected chi connectivity index (χ4v) is 7.76. The van der Waals surface area contributed by atoms with Crippen LogP contribution in [0.25, 0.3) is 10.8 Å². The minimum Gasteiger partial charge on any atom is -0.472 e. The molecule has 0 radical (unpaired) electrons. The molecule has 6 rings (SSSR count). The third-order valence-corrected chi connectivity index (χ3v) is 11.1. The van der Waals surface area contributed by atoms with Gasteiger partial charge in [-0.2, -0.15) is 0 Å². The van der Waals surface area contributed by atoms with Gasteiger partial charge in [0.1, 0.15) is 23.7 Å². The van der Waals surface area contributed by atoms with E-state index in [4.69, 9.17) is 9.47 Å². The molecule has 0 bridgehead atoms. The van der Waals surface area contributed by atoms with Crippen molar-refractivity contribution in [2.24, 2.45) is 5.92 Å². The second-order valence-corrected chi connectivity index (χ2v) is 14.5. The quantitative estimate of drug-likeness (QED) is 0.396. The second-order valence-electron chi connectivity index (χ2n) is 12.5. The van der Waals surface area contributed by atoms with Gasteiger partial charge in [-0.25, -0.2) is 18.2 Å². The summed E-state index contributed by atoms with van der Waals surface area (Å²) in [6.45, 7) is 0.0275. The Morgan fingerprint density at radius 1 is 1.09 bits per heavy atom. The van der Waals surface area contributed by atoms with Crippen molar-refractivity contribution in [2.75, 3.05) is 13.7 Å². The number of carbonyl (C=O) groups is 4. The average molecular weight is 654 g/mol. The van der Waals surface area contributed by atoms with Crippen LogP contribution in [-0.2, 0) is 29.1 Å². The van der Waals surface area contributed by atoms with Crippen molar-refractivity contribution in [3.05, 3.63) is 48.7 Å². The summed E-state index contributed by atoms with van der Waals surface area (Å²) in [4.78, 5) is 59.7. The first kappa shape index (κ1) is 31.8. The number of allylic oxidation sites excluding steroid dienone is 1. The summed E-state index contributed by atoms with van der Waals surface area (Å²) in [6, 6.07) is 7.41. The highest BCUT2D eigenvalue weighted by Crippen LogP contribution is 2.46. The maximum absolute atomic E-state index is 14.1. The van der Waals surface area contributed by atoms with Gasteiger partial charge in [0.15, 0.2) is 0 Å². The zero-order valence-corrected chi connectivity index (χ0v) is 26.5. The van der Waals surface area contributed by atoms with Crippen LogP contribution in [0.15, 0.2) is 48.7 Å². The van der Waals surface area contributed by atoms with Crippen LogP contribution < -0.4 is 20.1 Å². The van der Waals surface area contributed by atoms with Gasteiger partial charge in [-0.15, -0.1) is 0 Å². The number of methoxy groups -OCH3 is 1.